The Balaban J connectivity index is 1.73. The third-order valence-corrected chi connectivity index (χ3v) is 5.41. The first kappa shape index (κ1) is 16.7. The highest BCUT2D eigenvalue weighted by atomic mass is 32.2. The average Bonchev–Trinajstić information content (AvgIpc) is 2.68. The molecule has 128 valence electrons. The summed E-state index contributed by atoms with van der Waals surface area (Å²) in [5, 5.41) is 1.98. The highest BCUT2D eigenvalue weighted by molar-refractivity contribution is 8.02. The lowest BCUT2D eigenvalue weighted by Gasteiger charge is -2.30. The second-order valence-electron chi connectivity index (χ2n) is 6.35. The molecule has 0 N–H and O–H groups in total. The Bertz CT molecular complexity index is 961. The van der Waals surface area contributed by atoms with Gasteiger partial charge in [0, 0.05) is 10.6 Å². The fraction of sp³-hybridized carbons (Fsp3) is 0.0870. The molecule has 0 atom stereocenters. The molecule has 0 aromatic heterocycles. The van der Waals surface area contributed by atoms with Crippen LogP contribution in [-0.4, -0.2) is 5.91 Å². The first-order valence-corrected chi connectivity index (χ1v) is 9.49. The monoisotopic (exact) mass is 357 g/mol. The van der Waals surface area contributed by atoms with Crippen LogP contribution in [0.1, 0.15) is 16.7 Å². The van der Waals surface area contributed by atoms with E-state index in [1.165, 1.54) is 11.1 Å². The SMILES string of the molecule is Cc1ccc(N2Cc3ccccc3/C(=C\Sc3ccccc3)C2=O)cc1. The molecule has 2 nitrogen and oxygen atoms in total. The van der Waals surface area contributed by atoms with Crippen molar-refractivity contribution in [2.45, 2.75) is 18.4 Å². The smallest absolute Gasteiger partial charge is 0.259 e. The van der Waals surface area contributed by atoms with E-state index in [4.69, 9.17) is 0 Å². The Kier molecular flexibility index (Phi) is 4.63. The second-order valence-corrected chi connectivity index (χ2v) is 7.29. The molecule has 1 amide bonds. The third kappa shape index (κ3) is 3.31. The summed E-state index contributed by atoms with van der Waals surface area (Å²) in [5.74, 6) is 0.0518. The Hall–Kier alpha value is -2.78. The van der Waals surface area contributed by atoms with E-state index in [9.17, 15) is 4.79 Å². The van der Waals surface area contributed by atoms with Gasteiger partial charge in [0.1, 0.15) is 0 Å². The van der Waals surface area contributed by atoms with Crippen LogP contribution < -0.4 is 4.90 Å². The molecule has 4 rings (SSSR count). The molecule has 26 heavy (non-hydrogen) atoms. The van der Waals surface area contributed by atoms with Crippen molar-refractivity contribution >= 4 is 28.9 Å². The topological polar surface area (TPSA) is 20.3 Å². The van der Waals surface area contributed by atoms with Crippen LogP contribution in [0, 0.1) is 6.92 Å². The Morgan fingerprint density at radius 2 is 1.58 bits per heavy atom. The lowest BCUT2D eigenvalue weighted by Crippen LogP contribution is -2.35. The van der Waals surface area contributed by atoms with Crippen LogP contribution >= 0.6 is 11.8 Å². The fourth-order valence-corrected chi connectivity index (χ4v) is 3.89. The molecule has 0 bridgehead atoms. The predicted molar refractivity (Wildman–Crippen MR) is 109 cm³/mol. The van der Waals surface area contributed by atoms with Crippen LogP contribution in [-0.2, 0) is 11.3 Å². The van der Waals surface area contributed by atoms with Crippen molar-refractivity contribution in [2.24, 2.45) is 0 Å². The zero-order valence-corrected chi connectivity index (χ0v) is 15.4. The van der Waals surface area contributed by atoms with E-state index < -0.39 is 0 Å². The van der Waals surface area contributed by atoms with Gasteiger partial charge in [-0.2, -0.15) is 0 Å². The number of benzene rings is 3. The molecule has 1 aliphatic heterocycles. The van der Waals surface area contributed by atoms with E-state index in [1.54, 1.807) is 11.8 Å². The van der Waals surface area contributed by atoms with Crippen molar-refractivity contribution in [2.75, 3.05) is 4.90 Å². The normalized spacial score (nSPS) is 15.2. The number of aryl methyl sites for hydroxylation is 1. The summed E-state index contributed by atoms with van der Waals surface area (Å²) in [6.45, 7) is 2.66. The maximum atomic E-state index is 13.2. The number of hydrogen-bond donors (Lipinski definition) is 0. The molecule has 0 aliphatic carbocycles. The molecular weight excluding hydrogens is 338 g/mol. The van der Waals surface area contributed by atoms with Gasteiger partial charge in [-0.25, -0.2) is 0 Å². The molecule has 0 unspecified atom stereocenters. The van der Waals surface area contributed by atoms with Crippen molar-refractivity contribution < 1.29 is 4.79 Å². The summed E-state index contributed by atoms with van der Waals surface area (Å²) < 4.78 is 0. The number of nitrogens with zero attached hydrogens (tertiary/aromatic N) is 1. The first-order valence-electron chi connectivity index (χ1n) is 8.61. The van der Waals surface area contributed by atoms with Gasteiger partial charge in [0.05, 0.1) is 12.1 Å². The quantitative estimate of drug-likeness (QED) is 0.444. The molecule has 3 heteroatoms. The van der Waals surface area contributed by atoms with E-state index in [0.717, 1.165) is 21.7 Å². The van der Waals surface area contributed by atoms with Crippen molar-refractivity contribution in [3.05, 3.63) is 101 Å². The number of hydrogen-bond acceptors (Lipinski definition) is 2. The van der Waals surface area contributed by atoms with Gasteiger partial charge in [0.2, 0.25) is 0 Å². The molecule has 1 aliphatic rings. The summed E-state index contributed by atoms with van der Waals surface area (Å²) in [6.07, 6.45) is 0. The maximum Gasteiger partial charge on any atom is 0.259 e. The molecule has 0 saturated carbocycles. The van der Waals surface area contributed by atoms with E-state index in [0.29, 0.717) is 6.54 Å². The number of carbonyl (C=O) groups excluding carboxylic acids is 1. The number of fused-ring (bicyclic) bond motifs is 1. The van der Waals surface area contributed by atoms with E-state index in [2.05, 4.69) is 25.1 Å². The van der Waals surface area contributed by atoms with Crippen LogP contribution in [0.3, 0.4) is 0 Å². The number of rotatable bonds is 3. The second kappa shape index (κ2) is 7.22. The van der Waals surface area contributed by atoms with E-state index in [1.807, 2.05) is 71.0 Å². The molecule has 1 heterocycles. The van der Waals surface area contributed by atoms with Crippen LogP contribution in [0.25, 0.3) is 5.57 Å². The zero-order valence-electron chi connectivity index (χ0n) is 14.6. The van der Waals surface area contributed by atoms with E-state index in [-0.39, 0.29) is 5.91 Å². The van der Waals surface area contributed by atoms with Crippen LogP contribution in [0.4, 0.5) is 5.69 Å². The van der Waals surface area contributed by atoms with Gasteiger partial charge in [-0.1, -0.05) is 71.9 Å². The average molecular weight is 357 g/mol. The van der Waals surface area contributed by atoms with Crippen LogP contribution in [0.15, 0.2) is 89.2 Å². The minimum absolute atomic E-state index is 0.0518. The standard InChI is InChI=1S/C23H19NOS/c1-17-11-13-19(14-12-17)24-15-18-7-5-6-10-21(18)22(23(24)25)16-26-20-8-3-2-4-9-20/h2-14,16H,15H2,1H3/b22-16+. The Morgan fingerprint density at radius 1 is 0.885 bits per heavy atom. The van der Waals surface area contributed by atoms with Gasteiger partial charge < -0.3 is 4.90 Å². The molecular formula is C23H19NOS. The highest BCUT2D eigenvalue weighted by Crippen LogP contribution is 2.34. The molecule has 3 aromatic rings. The summed E-state index contributed by atoms with van der Waals surface area (Å²) >= 11 is 1.58. The molecule has 0 fully saturated rings. The summed E-state index contributed by atoms with van der Waals surface area (Å²) in [7, 11) is 0. The number of anilines is 1. The summed E-state index contributed by atoms with van der Waals surface area (Å²) in [5.41, 5.74) is 5.08. The number of amides is 1. The number of thioether (sulfide) groups is 1. The molecule has 0 saturated heterocycles. The van der Waals surface area contributed by atoms with Gasteiger partial charge in [0.25, 0.3) is 5.91 Å². The Labute approximate surface area is 158 Å². The minimum atomic E-state index is 0.0518. The van der Waals surface area contributed by atoms with Crippen molar-refractivity contribution in [1.82, 2.24) is 0 Å². The summed E-state index contributed by atoms with van der Waals surface area (Å²) in [4.78, 5) is 16.2. The summed E-state index contributed by atoms with van der Waals surface area (Å²) in [6, 6.07) is 26.4. The van der Waals surface area contributed by atoms with Crippen LogP contribution in [0.5, 0.6) is 0 Å². The molecule has 3 aromatic carbocycles. The van der Waals surface area contributed by atoms with Crippen molar-refractivity contribution in [3.8, 4) is 0 Å². The van der Waals surface area contributed by atoms with E-state index >= 15 is 0 Å². The largest absolute Gasteiger partial charge is 0.304 e. The van der Waals surface area contributed by atoms with Gasteiger partial charge >= 0.3 is 0 Å². The van der Waals surface area contributed by atoms with Gasteiger partial charge in [-0.05, 0) is 47.7 Å². The fourth-order valence-electron chi connectivity index (χ4n) is 3.10. The van der Waals surface area contributed by atoms with Gasteiger partial charge in [-0.15, -0.1) is 0 Å². The number of carbonyl (C=O) groups is 1. The highest BCUT2D eigenvalue weighted by Gasteiger charge is 2.28. The lowest BCUT2D eigenvalue weighted by atomic mass is 9.95. The minimum Gasteiger partial charge on any atom is -0.304 e. The van der Waals surface area contributed by atoms with Crippen LogP contribution in [0.2, 0.25) is 0 Å². The van der Waals surface area contributed by atoms with Crippen molar-refractivity contribution in [3.63, 3.8) is 0 Å². The predicted octanol–water partition coefficient (Wildman–Crippen LogP) is 5.68. The van der Waals surface area contributed by atoms with Gasteiger partial charge in [-0.3, -0.25) is 4.79 Å². The zero-order chi connectivity index (χ0) is 17.9. The Morgan fingerprint density at radius 3 is 2.35 bits per heavy atom. The molecule has 0 spiro atoms. The lowest BCUT2D eigenvalue weighted by molar-refractivity contribution is -0.113. The molecule has 0 radical (unpaired) electrons. The van der Waals surface area contributed by atoms with Gasteiger partial charge in [0.15, 0.2) is 0 Å². The van der Waals surface area contributed by atoms with Crippen molar-refractivity contribution in [1.29, 1.82) is 0 Å². The first-order chi connectivity index (χ1) is 12.7. The third-order valence-electron chi connectivity index (χ3n) is 4.51. The maximum absolute atomic E-state index is 13.2.